The summed E-state index contributed by atoms with van der Waals surface area (Å²) in [5.74, 6) is -0.815. The van der Waals surface area contributed by atoms with E-state index in [-0.39, 0.29) is 42.7 Å². The van der Waals surface area contributed by atoms with Gasteiger partial charge in [0.2, 0.25) is 0 Å². The molecule has 0 heterocycles. The van der Waals surface area contributed by atoms with Crippen LogP contribution in [0.2, 0.25) is 0 Å². The fourth-order valence-corrected chi connectivity index (χ4v) is 4.59. The second-order valence-corrected chi connectivity index (χ2v) is 7.92. The quantitative estimate of drug-likeness (QED) is 0.324. The highest BCUT2D eigenvalue weighted by Gasteiger charge is 2.64. The fourth-order valence-electron chi connectivity index (χ4n) is 4.59. The average molecular weight is 420 g/mol. The molecule has 2 saturated carbocycles. The Morgan fingerprint density at radius 2 is 2.00 bits per heavy atom. The SMILES string of the molecule is CCOC(=O)COC/C=C\CC1C(=O)CC2C1C2C(O)C(O)C(F)c1ccccc1. The van der Waals surface area contributed by atoms with Crippen molar-refractivity contribution in [2.75, 3.05) is 19.8 Å². The van der Waals surface area contributed by atoms with Crippen molar-refractivity contribution in [3.05, 3.63) is 48.0 Å². The Labute approximate surface area is 175 Å². The Hall–Kier alpha value is -2.09. The Morgan fingerprint density at radius 3 is 2.70 bits per heavy atom. The van der Waals surface area contributed by atoms with Crippen molar-refractivity contribution in [3.63, 3.8) is 0 Å². The molecule has 0 radical (unpaired) electrons. The van der Waals surface area contributed by atoms with Gasteiger partial charge in [-0.3, -0.25) is 4.79 Å². The highest BCUT2D eigenvalue weighted by molar-refractivity contribution is 5.85. The van der Waals surface area contributed by atoms with Gasteiger partial charge in [0.05, 0.1) is 19.3 Å². The topological polar surface area (TPSA) is 93.1 Å². The summed E-state index contributed by atoms with van der Waals surface area (Å²) in [5, 5.41) is 20.9. The van der Waals surface area contributed by atoms with Gasteiger partial charge in [-0.15, -0.1) is 0 Å². The van der Waals surface area contributed by atoms with Crippen molar-refractivity contribution in [1.29, 1.82) is 0 Å². The summed E-state index contributed by atoms with van der Waals surface area (Å²) in [6.07, 6.45) is 0.0338. The Kier molecular flexibility index (Phi) is 7.75. The number of alkyl halides is 1. The molecule has 7 heteroatoms. The molecule has 2 fully saturated rings. The first-order valence-corrected chi connectivity index (χ1v) is 10.4. The number of Topliss-reactive ketones (excluding diaryl/α,β-unsaturated/α-hetero) is 1. The number of aliphatic hydroxyl groups excluding tert-OH is 2. The van der Waals surface area contributed by atoms with Gasteiger partial charge < -0.3 is 19.7 Å². The van der Waals surface area contributed by atoms with E-state index in [1.54, 1.807) is 43.3 Å². The first-order valence-electron chi connectivity index (χ1n) is 10.4. The van der Waals surface area contributed by atoms with Gasteiger partial charge in [0.1, 0.15) is 18.5 Å². The monoisotopic (exact) mass is 420 g/mol. The molecule has 2 aliphatic carbocycles. The zero-order valence-electron chi connectivity index (χ0n) is 17.0. The highest BCUT2D eigenvalue weighted by Crippen LogP contribution is 2.62. The van der Waals surface area contributed by atoms with Gasteiger partial charge in [-0.2, -0.15) is 0 Å². The minimum Gasteiger partial charge on any atom is -0.464 e. The van der Waals surface area contributed by atoms with Crippen molar-refractivity contribution >= 4 is 11.8 Å². The molecule has 0 saturated heterocycles. The number of fused-ring (bicyclic) bond motifs is 1. The van der Waals surface area contributed by atoms with E-state index in [0.29, 0.717) is 25.0 Å². The van der Waals surface area contributed by atoms with Crippen LogP contribution in [0.4, 0.5) is 4.39 Å². The summed E-state index contributed by atoms with van der Waals surface area (Å²) in [4.78, 5) is 23.4. The van der Waals surface area contributed by atoms with Gasteiger partial charge in [0.25, 0.3) is 0 Å². The maximum Gasteiger partial charge on any atom is 0.332 e. The van der Waals surface area contributed by atoms with Crippen molar-refractivity contribution < 1.29 is 33.7 Å². The van der Waals surface area contributed by atoms with Gasteiger partial charge in [-0.25, -0.2) is 9.18 Å². The standard InChI is InChI=1S/C23H29FO6/c1-2-30-18(26)13-29-11-7-6-10-15-17(25)12-16-19(15)20(16)22(27)23(28)21(24)14-8-4-3-5-9-14/h3-9,15-16,19-23,27-28H,2,10-13H2,1H3/b7-6-. The zero-order chi connectivity index (χ0) is 21.7. The van der Waals surface area contributed by atoms with Crippen LogP contribution in [0.1, 0.15) is 31.5 Å². The summed E-state index contributed by atoms with van der Waals surface area (Å²) >= 11 is 0. The van der Waals surface area contributed by atoms with Crippen molar-refractivity contribution in [2.45, 2.75) is 38.1 Å². The minimum atomic E-state index is -1.67. The minimum absolute atomic E-state index is 0.00332. The van der Waals surface area contributed by atoms with Crippen LogP contribution in [0.3, 0.4) is 0 Å². The van der Waals surface area contributed by atoms with Crippen LogP contribution < -0.4 is 0 Å². The third kappa shape index (κ3) is 5.14. The van der Waals surface area contributed by atoms with Crippen LogP contribution in [-0.2, 0) is 19.1 Å². The van der Waals surface area contributed by atoms with Gasteiger partial charge >= 0.3 is 5.97 Å². The van der Waals surface area contributed by atoms with Crippen LogP contribution in [0, 0.1) is 23.7 Å². The Bertz CT molecular complexity index is 751. The summed E-state index contributed by atoms with van der Waals surface area (Å²) in [6, 6.07) is 8.29. The summed E-state index contributed by atoms with van der Waals surface area (Å²) < 4.78 is 24.5. The summed E-state index contributed by atoms with van der Waals surface area (Å²) in [7, 11) is 0. The van der Waals surface area contributed by atoms with Crippen LogP contribution in [0.5, 0.6) is 0 Å². The molecule has 0 aliphatic heterocycles. The third-order valence-electron chi connectivity index (χ3n) is 6.07. The molecule has 2 N–H and O–H groups in total. The van der Waals surface area contributed by atoms with Crippen LogP contribution in [-0.4, -0.2) is 54.0 Å². The number of benzene rings is 1. The fraction of sp³-hybridized carbons (Fsp3) is 0.565. The number of allylic oxidation sites excluding steroid dienone is 1. The molecular weight excluding hydrogens is 391 g/mol. The van der Waals surface area contributed by atoms with Gasteiger partial charge in [-0.05, 0) is 36.7 Å². The van der Waals surface area contributed by atoms with Gasteiger partial charge in [0.15, 0.2) is 6.17 Å². The Balaban J connectivity index is 1.47. The van der Waals surface area contributed by atoms with Crippen LogP contribution in [0.25, 0.3) is 0 Å². The molecular formula is C23H29FO6. The molecule has 2 aliphatic rings. The number of ketones is 1. The molecule has 30 heavy (non-hydrogen) atoms. The van der Waals surface area contributed by atoms with E-state index >= 15 is 0 Å². The number of aliphatic hydroxyl groups is 2. The first kappa shape index (κ1) is 22.6. The number of carbonyl (C=O) groups is 2. The number of rotatable bonds is 11. The van der Waals surface area contributed by atoms with Crippen molar-refractivity contribution in [1.82, 2.24) is 0 Å². The number of hydrogen-bond acceptors (Lipinski definition) is 6. The van der Waals surface area contributed by atoms with Gasteiger partial charge in [-0.1, -0.05) is 42.5 Å². The van der Waals surface area contributed by atoms with Gasteiger partial charge in [0, 0.05) is 12.3 Å². The molecule has 164 valence electrons. The lowest BCUT2D eigenvalue weighted by Crippen LogP contribution is -2.34. The number of esters is 1. The maximum absolute atomic E-state index is 14.6. The predicted octanol–water partition coefficient (Wildman–Crippen LogP) is 2.40. The molecule has 3 rings (SSSR count). The third-order valence-corrected chi connectivity index (χ3v) is 6.07. The number of halogens is 1. The molecule has 7 unspecified atom stereocenters. The maximum atomic E-state index is 14.6. The van der Waals surface area contributed by atoms with E-state index in [4.69, 9.17) is 9.47 Å². The van der Waals surface area contributed by atoms with E-state index in [0.717, 1.165) is 0 Å². The molecule has 1 aromatic carbocycles. The van der Waals surface area contributed by atoms with E-state index < -0.39 is 24.3 Å². The van der Waals surface area contributed by atoms with E-state index in [2.05, 4.69) is 0 Å². The molecule has 0 aromatic heterocycles. The molecule has 0 spiro atoms. The molecule has 6 nitrogen and oxygen atoms in total. The van der Waals surface area contributed by atoms with Crippen molar-refractivity contribution in [3.8, 4) is 0 Å². The van der Waals surface area contributed by atoms with E-state index in [1.165, 1.54) is 0 Å². The van der Waals surface area contributed by atoms with E-state index in [1.807, 2.05) is 6.08 Å². The number of carbonyl (C=O) groups excluding carboxylic acids is 2. The molecule has 1 aromatic rings. The normalized spacial score (nSPS) is 28.2. The Morgan fingerprint density at radius 1 is 1.27 bits per heavy atom. The summed E-state index contributed by atoms with van der Waals surface area (Å²) in [5.41, 5.74) is 0.327. The lowest BCUT2D eigenvalue weighted by Gasteiger charge is -2.24. The van der Waals surface area contributed by atoms with E-state index in [9.17, 15) is 24.2 Å². The lowest BCUT2D eigenvalue weighted by atomic mass is 9.90. The number of hydrogen-bond donors (Lipinski definition) is 2. The summed E-state index contributed by atoms with van der Waals surface area (Å²) in [6.45, 7) is 2.14. The van der Waals surface area contributed by atoms with Crippen LogP contribution in [0.15, 0.2) is 42.5 Å². The van der Waals surface area contributed by atoms with Crippen molar-refractivity contribution in [2.24, 2.45) is 23.7 Å². The smallest absolute Gasteiger partial charge is 0.332 e. The lowest BCUT2D eigenvalue weighted by molar-refractivity contribution is -0.147. The molecule has 0 bridgehead atoms. The average Bonchev–Trinajstić information content (AvgIpc) is 3.35. The highest BCUT2D eigenvalue weighted by atomic mass is 19.1. The first-order chi connectivity index (χ1) is 14.5. The van der Waals surface area contributed by atoms with Crippen LogP contribution >= 0.6 is 0 Å². The molecule has 7 atom stereocenters. The predicted molar refractivity (Wildman–Crippen MR) is 107 cm³/mol. The largest absolute Gasteiger partial charge is 0.464 e. The second kappa shape index (κ2) is 10.3. The second-order valence-electron chi connectivity index (χ2n) is 7.92. The number of ether oxygens (including phenoxy) is 2. The zero-order valence-corrected chi connectivity index (χ0v) is 17.0. The molecule has 0 amide bonds.